The van der Waals surface area contributed by atoms with Crippen LogP contribution in [0.4, 0.5) is 5.69 Å². The summed E-state index contributed by atoms with van der Waals surface area (Å²) in [5.74, 6) is 1.04. The van der Waals surface area contributed by atoms with Crippen molar-refractivity contribution in [3.8, 4) is 11.5 Å². The standard InChI is InChI=1S/C19H17NO4/c1-23-17-9-13-7-15(8-14(13)10-18(17)24-2)19(22)20-16-6-4-3-5-12(16)11-21/h3-7,9-11H,8H2,1-2H3,(H,20,22). The first-order valence-corrected chi connectivity index (χ1v) is 7.47. The molecule has 0 aromatic heterocycles. The van der Waals surface area contributed by atoms with Crippen molar-refractivity contribution < 1.29 is 19.1 Å². The Morgan fingerprint density at radius 3 is 2.54 bits per heavy atom. The van der Waals surface area contributed by atoms with Gasteiger partial charge in [-0.25, -0.2) is 0 Å². The molecule has 5 nitrogen and oxygen atoms in total. The van der Waals surface area contributed by atoms with Gasteiger partial charge in [0, 0.05) is 17.6 Å². The highest BCUT2D eigenvalue weighted by Gasteiger charge is 2.21. The number of carbonyl (C=O) groups is 2. The molecule has 0 saturated carbocycles. The number of fused-ring (bicyclic) bond motifs is 1. The maximum Gasteiger partial charge on any atom is 0.251 e. The highest BCUT2D eigenvalue weighted by molar-refractivity contribution is 6.09. The van der Waals surface area contributed by atoms with Crippen LogP contribution in [-0.4, -0.2) is 26.4 Å². The molecule has 0 saturated heterocycles. The van der Waals surface area contributed by atoms with E-state index in [4.69, 9.17) is 9.47 Å². The van der Waals surface area contributed by atoms with Crippen LogP contribution in [0.2, 0.25) is 0 Å². The fourth-order valence-corrected chi connectivity index (χ4v) is 2.73. The van der Waals surface area contributed by atoms with Crippen LogP contribution in [0.25, 0.3) is 6.08 Å². The van der Waals surface area contributed by atoms with E-state index in [1.807, 2.05) is 18.2 Å². The number of anilines is 1. The van der Waals surface area contributed by atoms with Gasteiger partial charge in [-0.15, -0.1) is 0 Å². The number of ether oxygens (including phenoxy) is 2. The highest BCUT2D eigenvalue weighted by Crippen LogP contribution is 2.36. The number of hydrogen-bond donors (Lipinski definition) is 1. The van der Waals surface area contributed by atoms with Gasteiger partial charge in [0.15, 0.2) is 17.8 Å². The molecule has 3 rings (SSSR count). The van der Waals surface area contributed by atoms with Crippen LogP contribution in [0.15, 0.2) is 42.0 Å². The number of amides is 1. The van der Waals surface area contributed by atoms with Crippen molar-refractivity contribution in [1.29, 1.82) is 0 Å². The summed E-state index contributed by atoms with van der Waals surface area (Å²) in [5.41, 5.74) is 3.51. The van der Waals surface area contributed by atoms with Gasteiger partial charge in [-0.2, -0.15) is 0 Å². The maximum absolute atomic E-state index is 12.5. The maximum atomic E-state index is 12.5. The summed E-state index contributed by atoms with van der Waals surface area (Å²) in [6, 6.07) is 10.6. The Morgan fingerprint density at radius 2 is 1.83 bits per heavy atom. The van der Waals surface area contributed by atoms with Crippen molar-refractivity contribution in [2.24, 2.45) is 0 Å². The lowest BCUT2D eigenvalue weighted by Gasteiger charge is -2.10. The molecule has 0 bridgehead atoms. The molecule has 2 aromatic carbocycles. The average molecular weight is 323 g/mol. The lowest BCUT2D eigenvalue weighted by Crippen LogP contribution is -2.15. The average Bonchev–Trinajstić information content (AvgIpc) is 3.03. The van der Waals surface area contributed by atoms with Crippen LogP contribution in [0, 0.1) is 0 Å². The number of para-hydroxylation sites is 1. The first-order valence-electron chi connectivity index (χ1n) is 7.47. The number of rotatable bonds is 5. The number of nitrogens with one attached hydrogen (secondary N) is 1. The third-order valence-electron chi connectivity index (χ3n) is 3.98. The molecule has 1 amide bonds. The van der Waals surface area contributed by atoms with Crippen molar-refractivity contribution in [2.45, 2.75) is 6.42 Å². The molecule has 1 N–H and O–H groups in total. The molecule has 0 atom stereocenters. The van der Waals surface area contributed by atoms with Crippen LogP contribution in [0.3, 0.4) is 0 Å². The molecular weight excluding hydrogens is 306 g/mol. The molecular formula is C19H17NO4. The quantitative estimate of drug-likeness (QED) is 0.859. The SMILES string of the molecule is COc1cc2c(cc1OC)CC(C(=O)Nc1ccccc1C=O)=C2. The number of benzene rings is 2. The fourth-order valence-electron chi connectivity index (χ4n) is 2.73. The third-order valence-corrected chi connectivity index (χ3v) is 3.98. The Morgan fingerprint density at radius 1 is 1.12 bits per heavy atom. The van der Waals surface area contributed by atoms with Crippen LogP contribution in [-0.2, 0) is 11.2 Å². The summed E-state index contributed by atoms with van der Waals surface area (Å²) in [4.78, 5) is 23.6. The number of hydrogen-bond acceptors (Lipinski definition) is 4. The smallest absolute Gasteiger partial charge is 0.251 e. The van der Waals surface area contributed by atoms with Gasteiger partial charge in [-0.1, -0.05) is 12.1 Å². The van der Waals surface area contributed by atoms with Gasteiger partial charge < -0.3 is 14.8 Å². The minimum atomic E-state index is -0.224. The summed E-state index contributed by atoms with van der Waals surface area (Å²) in [7, 11) is 3.16. The molecule has 1 aliphatic carbocycles. The number of methoxy groups -OCH3 is 2. The molecule has 2 aromatic rings. The summed E-state index contributed by atoms with van der Waals surface area (Å²) < 4.78 is 10.6. The van der Waals surface area contributed by atoms with Crippen LogP contribution in [0.1, 0.15) is 21.5 Å². The highest BCUT2D eigenvalue weighted by atomic mass is 16.5. The second kappa shape index (κ2) is 6.58. The van der Waals surface area contributed by atoms with Gasteiger partial charge in [-0.05, 0) is 41.5 Å². The van der Waals surface area contributed by atoms with Gasteiger partial charge in [0.25, 0.3) is 5.91 Å². The van der Waals surface area contributed by atoms with E-state index in [-0.39, 0.29) is 5.91 Å². The molecule has 0 aliphatic heterocycles. The first kappa shape index (κ1) is 15.8. The first-order chi connectivity index (χ1) is 11.7. The minimum Gasteiger partial charge on any atom is -0.493 e. The predicted octanol–water partition coefficient (Wildman–Crippen LogP) is 3.09. The molecule has 0 fully saturated rings. The zero-order valence-electron chi connectivity index (χ0n) is 13.5. The Kier molecular flexibility index (Phi) is 4.33. The van der Waals surface area contributed by atoms with Gasteiger partial charge >= 0.3 is 0 Å². The molecule has 0 radical (unpaired) electrons. The van der Waals surface area contributed by atoms with Crippen LogP contribution >= 0.6 is 0 Å². The summed E-state index contributed by atoms with van der Waals surface area (Å²) in [5, 5.41) is 2.79. The molecule has 1 aliphatic rings. The normalized spacial score (nSPS) is 12.2. The Bertz CT molecular complexity index is 839. The van der Waals surface area contributed by atoms with Crippen molar-refractivity contribution in [3.05, 3.63) is 58.7 Å². The molecule has 122 valence electrons. The lowest BCUT2D eigenvalue weighted by molar-refractivity contribution is -0.112. The van der Waals surface area contributed by atoms with Crippen molar-refractivity contribution >= 4 is 24.0 Å². The van der Waals surface area contributed by atoms with E-state index in [0.717, 1.165) is 17.4 Å². The predicted molar refractivity (Wildman–Crippen MR) is 91.7 cm³/mol. The van der Waals surface area contributed by atoms with Crippen molar-refractivity contribution in [3.63, 3.8) is 0 Å². The minimum absolute atomic E-state index is 0.224. The second-order valence-electron chi connectivity index (χ2n) is 5.41. The van der Waals surface area contributed by atoms with E-state index in [2.05, 4.69) is 5.32 Å². The molecule has 24 heavy (non-hydrogen) atoms. The molecule has 5 heteroatoms. The van der Waals surface area contributed by atoms with Crippen molar-refractivity contribution in [1.82, 2.24) is 0 Å². The fraction of sp³-hybridized carbons (Fsp3) is 0.158. The van der Waals surface area contributed by atoms with Gasteiger partial charge in [0.2, 0.25) is 0 Å². The number of carbonyl (C=O) groups excluding carboxylic acids is 2. The Labute approximate surface area is 139 Å². The van der Waals surface area contributed by atoms with Gasteiger partial charge in [0.1, 0.15) is 0 Å². The Balaban J connectivity index is 1.83. The Hall–Kier alpha value is -3.08. The third kappa shape index (κ3) is 2.88. The van der Waals surface area contributed by atoms with E-state index in [0.29, 0.717) is 34.7 Å². The molecule has 0 unspecified atom stereocenters. The monoisotopic (exact) mass is 323 g/mol. The lowest BCUT2D eigenvalue weighted by atomic mass is 10.1. The molecule has 0 heterocycles. The largest absolute Gasteiger partial charge is 0.493 e. The summed E-state index contributed by atoms with van der Waals surface area (Å²) >= 11 is 0. The summed E-state index contributed by atoms with van der Waals surface area (Å²) in [6.07, 6.45) is 3.06. The topological polar surface area (TPSA) is 64.6 Å². The van der Waals surface area contributed by atoms with E-state index in [1.165, 1.54) is 0 Å². The van der Waals surface area contributed by atoms with Crippen molar-refractivity contribution in [2.75, 3.05) is 19.5 Å². The zero-order chi connectivity index (χ0) is 17.1. The molecule has 0 spiro atoms. The van der Waals surface area contributed by atoms with E-state index in [9.17, 15) is 9.59 Å². The van der Waals surface area contributed by atoms with E-state index >= 15 is 0 Å². The van der Waals surface area contributed by atoms with E-state index < -0.39 is 0 Å². The van der Waals surface area contributed by atoms with Gasteiger partial charge in [-0.3, -0.25) is 9.59 Å². The van der Waals surface area contributed by atoms with E-state index in [1.54, 1.807) is 38.5 Å². The zero-order valence-corrected chi connectivity index (χ0v) is 13.5. The number of aldehydes is 1. The van der Waals surface area contributed by atoms with Gasteiger partial charge in [0.05, 0.1) is 19.9 Å². The van der Waals surface area contributed by atoms with Crippen LogP contribution < -0.4 is 14.8 Å². The second-order valence-corrected chi connectivity index (χ2v) is 5.41. The van der Waals surface area contributed by atoms with Crippen LogP contribution in [0.5, 0.6) is 11.5 Å². The summed E-state index contributed by atoms with van der Waals surface area (Å²) in [6.45, 7) is 0.